The van der Waals surface area contributed by atoms with Crippen molar-refractivity contribution in [3.05, 3.63) is 118 Å². The number of aromatic nitrogens is 1. The van der Waals surface area contributed by atoms with E-state index in [2.05, 4.69) is 53.2 Å². The van der Waals surface area contributed by atoms with Crippen molar-refractivity contribution in [3.8, 4) is 5.75 Å². The molecule has 0 spiro atoms. The molecule has 2 heterocycles. The highest BCUT2D eigenvalue weighted by Gasteiger charge is 2.35. The predicted molar refractivity (Wildman–Crippen MR) is 155 cm³/mol. The number of hydrogen-bond donors (Lipinski definition) is 0. The first-order valence-corrected chi connectivity index (χ1v) is 13.4. The predicted octanol–water partition coefficient (Wildman–Crippen LogP) is 7.61. The highest BCUT2D eigenvalue weighted by atomic mass is 35.5. The van der Waals surface area contributed by atoms with Crippen LogP contribution in [-0.4, -0.2) is 33.8 Å². The van der Waals surface area contributed by atoms with Gasteiger partial charge in [-0.05, 0) is 52.4 Å². The zero-order chi connectivity index (χ0) is 26.1. The molecule has 0 bridgehead atoms. The highest BCUT2D eigenvalue weighted by molar-refractivity contribution is 8.18. The SMILES string of the molecule is O=C1S/C(=C\c2cn(Cc3cccc4ccccc34)c3ccccc23)C(=O)N1CCOc1ccccc1Cl. The van der Waals surface area contributed by atoms with E-state index in [-0.39, 0.29) is 24.3 Å². The summed E-state index contributed by atoms with van der Waals surface area (Å²) in [4.78, 5) is 27.4. The summed E-state index contributed by atoms with van der Waals surface area (Å²) < 4.78 is 7.89. The van der Waals surface area contributed by atoms with E-state index in [4.69, 9.17) is 16.3 Å². The molecule has 0 saturated carbocycles. The molecular formula is C31H23ClN2O3S. The van der Waals surface area contributed by atoms with E-state index in [1.165, 1.54) is 21.2 Å². The lowest BCUT2D eigenvalue weighted by Crippen LogP contribution is -2.32. The van der Waals surface area contributed by atoms with E-state index in [9.17, 15) is 9.59 Å². The number of ether oxygens (including phenoxy) is 1. The Labute approximate surface area is 229 Å². The van der Waals surface area contributed by atoms with Gasteiger partial charge in [-0.15, -0.1) is 0 Å². The van der Waals surface area contributed by atoms with Gasteiger partial charge in [0.2, 0.25) is 0 Å². The molecule has 1 aromatic heterocycles. The third kappa shape index (κ3) is 4.69. The lowest BCUT2D eigenvalue weighted by Gasteiger charge is -2.13. The number of rotatable bonds is 7. The second kappa shape index (κ2) is 10.4. The van der Waals surface area contributed by atoms with Crippen LogP contribution in [0.2, 0.25) is 5.02 Å². The molecule has 1 saturated heterocycles. The Morgan fingerprint density at radius 2 is 1.58 bits per heavy atom. The van der Waals surface area contributed by atoms with Crippen molar-refractivity contribution >= 4 is 62.3 Å². The van der Waals surface area contributed by atoms with Crippen LogP contribution < -0.4 is 4.74 Å². The Kier molecular flexibility index (Phi) is 6.66. The van der Waals surface area contributed by atoms with Crippen molar-refractivity contribution in [2.24, 2.45) is 0 Å². The Bertz CT molecular complexity index is 1720. The number of amides is 2. The minimum atomic E-state index is -0.311. The van der Waals surface area contributed by atoms with Gasteiger partial charge in [-0.1, -0.05) is 84.4 Å². The molecule has 4 aromatic carbocycles. The van der Waals surface area contributed by atoms with Crippen molar-refractivity contribution in [3.63, 3.8) is 0 Å². The number of fused-ring (bicyclic) bond motifs is 2. The molecule has 7 heteroatoms. The van der Waals surface area contributed by atoms with Crippen molar-refractivity contribution in [2.45, 2.75) is 6.54 Å². The number of para-hydroxylation sites is 2. The van der Waals surface area contributed by atoms with Crippen molar-refractivity contribution in [2.75, 3.05) is 13.2 Å². The Morgan fingerprint density at radius 1 is 0.842 bits per heavy atom. The van der Waals surface area contributed by atoms with E-state index >= 15 is 0 Å². The van der Waals surface area contributed by atoms with Crippen LogP contribution in [0, 0.1) is 0 Å². The Hall–Kier alpha value is -4.00. The average Bonchev–Trinajstić information content (AvgIpc) is 3.41. The van der Waals surface area contributed by atoms with Crippen LogP contribution in [0.15, 0.2) is 102 Å². The van der Waals surface area contributed by atoms with Crippen molar-refractivity contribution in [1.82, 2.24) is 9.47 Å². The minimum absolute atomic E-state index is 0.149. The molecule has 1 fully saturated rings. The Morgan fingerprint density at radius 3 is 2.45 bits per heavy atom. The van der Waals surface area contributed by atoms with Gasteiger partial charge >= 0.3 is 0 Å². The number of carbonyl (C=O) groups is 2. The summed E-state index contributed by atoms with van der Waals surface area (Å²) in [7, 11) is 0. The molecule has 0 radical (unpaired) electrons. The minimum Gasteiger partial charge on any atom is -0.490 e. The van der Waals surface area contributed by atoms with Crippen LogP contribution in [0.3, 0.4) is 0 Å². The van der Waals surface area contributed by atoms with Gasteiger partial charge in [-0.2, -0.15) is 0 Å². The molecule has 1 aliphatic rings. The van der Waals surface area contributed by atoms with E-state index in [1.807, 2.05) is 42.5 Å². The molecule has 2 amide bonds. The molecule has 188 valence electrons. The van der Waals surface area contributed by atoms with Crippen LogP contribution in [0.25, 0.3) is 27.8 Å². The zero-order valence-corrected chi connectivity index (χ0v) is 21.9. The lowest BCUT2D eigenvalue weighted by atomic mass is 10.0. The number of imide groups is 1. The van der Waals surface area contributed by atoms with Crippen molar-refractivity contribution < 1.29 is 14.3 Å². The fraction of sp³-hybridized carbons (Fsp3) is 0.0968. The maximum absolute atomic E-state index is 13.1. The topological polar surface area (TPSA) is 51.5 Å². The van der Waals surface area contributed by atoms with E-state index in [1.54, 1.807) is 12.1 Å². The van der Waals surface area contributed by atoms with Crippen LogP contribution >= 0.6 is 23.4 Å². The van der Waals surface area contributed by atoms with Gasteiger partial charge in [-0.25, -0.2) is 0 Å². The molecule has 0 aliphatic carbocycles. The first-order chi connectivity index (χ1) is 18.6. The van der Waals surface area contributed by atoms with Gasteiger partial charge < -0.3 is 9.30 Å². The van der Waals surface area contributed by atoms with Crippen LogP contribution in [-0.2, 0) is 11.3 Å². The number of hydrogen-bond acceptors (Lipinski definition) is 4. The largest absolute Gasteiger partial charge is 0.490 e. The number of carbonyl (C=O) groups excluding carboxylic acids is 2. The summed E-state index contributed by atoms with van der Waals surface area (Å²) >= 11 is 7.09. The van der Waals surface area contributed by atoms with Gasteiger partial charge in [0.05, 0.1) is 16.5 Å². The summed E-state index contributed by atoms with van der Waals surface area (Å²) in [6, 6.07) is 29.9. The molecule has 1 aliphatic heterocycles. The third-order valence-electron chi connectivity index (χ3n) is 6.61. The van der Waals surface area contributed by atoms with Gasteiger partial charge in [0.1, 0.15) is 12.4 Å². The van der Waals surface area contributed by atoms with Crippen LogP contribution in [0.5, 0.6) is 5.75 Å². The fourth-order valence-electron chi connectivity index (χ4n) is 4.78. The van der Waals surface area contributed by atoms with Crippen molar-refractivity contribution in [1.29, 1.82) is 0 Å². The highest BCUT2D eigenvalue weighted by Crippen LogP contribution is 2.34. The lowest BCUT2D eigenvalue weighted by molar-refractivity contribution is -0.123. The number of benzene rings is 4. The molecular weight excluding hydrogens is 516 g/mol. The first-order valence-electron chi connectivity index (χ1n) is 12.3. The average molecular weight is 539 g/mol. The smallest absolute Gasteiger partial charge is 0.293 e. The zero-order valence-electron chi connectivity index (χ0n) is 20.3. The van der Waals surface area contributed by atoms with Gasteiger partial charge in [0.25, 0.3) is 11.1 Å². The summed E-state index contributed by atoms with van der Waals surface area (Å²) in [6.07, 6.45) is 3.88. The fourth-order valence-corrected chi connectivity index (χ4v) is 5.82. The molecule has 0 atom stereocenters. The third-order valence-corrected chi connectivity index (χ3v) is 7.83. The van der Waals surface area contributed by atoms with E-state index < -0.39 is 0 Å². The second-order valence-electron chi connectivity index (χ2n) is 8.98. The maximum Gasteiger partial charge on any atom is 0.293 e. The van der Waals surface area contributed by atoms with Gasteiger partial charge in [0, 0.05) is 29.2 Å². The van der Waals surface area contributed by atoms with Gasteiger partial charge in [-0.3, -0.25) is 14.5 Å². The van der Waals surface area contributed by atoms with Gasteiger partial charge in [0.15, 0.2) is 0 Å². The maximum atomic E-state index is 13.1. The molecule has 0 unspecified atom stereocenters. The first kappa shape index (κ1) is 24.3. The second-order valence-corrected chi connectivity index (χ2v) is 10.4. The Balaban J connectivity index is 1.25. The number of thioether (sulfide) groups is 1. The molecule has 6 rings (SSSR count). The number of nitrogens with zero attached hydrogens (tertiary/aromatic N) is 2. The normalized spacial score (nSPS) is 14.8. The van der Waals surface area contributed by atoms with Crippen LogP contribution in [0.1, 0.15) is 11.1 Å². The quantitative estimate of drug-likeness (QED) is 0.200. The monoisotopic (exact) mass is 538 g/mol. The summed E-state index contributed by atoms with van der Waals surface area (Å²) in [6.45, 7) is 1.01. The molecule has 0 N–H and O–H groups in total. The number of halogens is 1. The molecule has 5 aromatic rings. The molecule has 38 heavy (non-hydrogen) atoms. The summed E-state index contributed by atoms with van der Waals surface area (Å²) in [5, 5.41) is 3.63. The van der Waals surface area contributed by atoms with Crippen LogP contribution in [0.4, 0.5) is 4.79 Å². The standard InChI is InChI=1S/C31H23ClN2O3S/c32-26-13-4-6-15-28(26)37-17-16-34-30(35)29(38-31(34)36)18-23-20-33(27-14-5-3-12-25(23)27)19-22-10-7-9-21-8-1-2-11-24(21)22/h1-15,18,20H,16-17,19H2/b29-18-. The summed E-state index contributed by atoms with van der Waals surface area (Å²) in [5.41, 5.74) is 3.19. The molecule has 5 nitrogen and oxygen atoms in total. The van der Waals surface area contributed by atoms with E-state index in [0.717, 1.165) is 28.2 Å². The summed E-state index contributed by atoms with van der Waals surface area (Å²) in [5.74, 6) is 0.212. The van der Waals surface area contributed by atoms with E-state index in [0.29, 0.717) is 22.2 Å².